The van der Waals surface area contributed by atoms with Gasteiger partial charge in [0, 0.05) is 51.5 Å². The molecule has 0 saturated carbocycles. The minimum absolute atomic E-state index is 0.0613. The first-order valence-electron chi connectivity index (χ1n) is 18.7. The fourth-order valence-corrected chi connectivity index (χ4v) is 11.0. The maximum atomic E-state index is 4.06. The van der Waals surface area contributed by atoms with E-state index in [4.69, 9.17) is 0 Å². The fraction of sp³-hybridized carbons (Fsp3) is 0.184. The summed E-state index contributed by atoms with van der Waals surface area (Å²) in [7, 11) is 0. The maximum Gasteiger partial charge on any atom is 0.0544 e. The maximum absolute atomic E-state index is 4.06. The smallest absolute Gasteiger partial charge is 0.0544 e. The standard InChI is InChI=1S/C49H40N2/c1-3-11-33(12-4-2)50-45-18-10-9-17-40(45)41-22-19-31(27-46(41)50)49-26-25-43-42-23-20-32(49)28-47(42)51(48(43)30-49)34-21-24-39-37-15-6-5-13-35(37)36-14-7-8-16-38(36)44(39)29-34/h3-27,29,32,42-43,47-48H,1,28,30H2,2H3/b12-4-,33-11+/t32?,42?,43?,47?,48?,49-/m1/s1. The molecule has 1 aromatic heterocycles. The number of rotatable bonds is 5. The van der Waals surface area contributed by atoms with Crippen molar-refractivity contribution in [2.75, 3.05) is 4.90 Å². The Kier molecular flexibility index (Phi) is 6.12. The molecule has 7 aromatic rings. The molecule has 0 N–H and O–H groups in total. The van der Waals surface area contributed by atoms with Crippen LogP contribution >= 0.6 is 0 Å². The van der Waals surface area contributed by atoms with E-state index in [1.165, 1.54) is 71.8 Å². The van der Waals surface area contributed by atoms with Crippen molar-refractivity contribution in [1.82, 2.24) is 4.57 Å². The molecular formula is C49H40N2. The third kappa shape index (κ3) is 3.88. The van der Waals surface area contributed by atoms with Crippen LogP contribution in [0.3, 0.4) is 0 Å². The first-order chi connectivity index (χ1) is 25.2. The number of benzene rings is 6. The van der Waals surface area contributed by atoms with Gasteiger partial charge < -0.3 is 9.47 Å². The van der Waals surface area contributed by atoms with Crippen LogP contribution in [0.5, 0.6) is 0 Å². The molecule has 0 spiro atoms. The van der Waals surface area contributed by atoms with E-state index in [9.17, 15) is 0 Å². The van der Waals surface area contributed by atoms with Crippen LogP contribution in [-0.4, -0.2) is 16.7 Å². The number of hydrogen-bond donors (Lipinski definition) is 0. The van der Waals surface area contributed by atoms with E-state index < -0.39 is 0 Å². The third-order valence-corrected chi connectivity index (χ3v) is 13.1. The average Bonchev–Trinajstić information content (AvgIpc) is 3.66. The lowest BCUT2D eigenvalue weighted by Gasteiger charge is -2.47. The summed E-state index contributed by atoms with van der Waals surface area (Å²) in [6.45, 7) is 6.15. The van der Waals surface area contributed by atoms with Gasteiger partial charge in [-0.15, -0.1) is 0 Å². The molecule has 2 aliphatic heterocycles. The van der Waals surface area contributed by atoms with Gasteiger partial charge in [0.05, 0.1) is 11.0 Å². The summed E-state index contributed by atoms with van der Waals surface area (Å²) in [4.78, 5) is 2.87. The average molecular weight is 657 g/mol. The van der Waals surface area contributed by atoms with Crippen LogP contribution in [0.4, 0.5) is 5.69 Å². The molecule has 5 unspecified atom stereocenters. The molecule has 246 valence electrons. The molecule has 2 saturated heterocycles. The molecule has 2 aliphatic carbocycles. The van der Waals surface area contributed by atoms with Crippen LogP contribution in [0.25, 0.3) is 59.8 Å². The molecule has 4 bridgehead atoms. The summed E-state index contributed by atoms with van der Waals surface area (Å²) in [5.41, 5.74) is 6.39. The van der Waals surface area contributed by atoms with Gasteiger partial charge in [-0.05, 0) is 100.0 Å². The van der Waals surface area contributed by atoms with Gasteiger partial charge in [0.25, 0.3) is 0 Å². The summed E-state index contributed by atoms with van der Waals surface area (Å²) < 4.78 is 2.44. The van der Waals surface area contributed by atoms with E-state index in [1.54, 1.807) is 0 Å². The minimum atomic E-state index is -0.0613. The van der Waals surface area contributed by atoms with Gasteiger partial charge in [0.1, 0.15) is 0 Å². The quantitative estimate of drug-likeness (QED) is 0.102. The van der Waals surface area contributed by atoms with E-state index >= 15 is 0 Å². The molecule has 4 aliphatic rings. The highest BCUT2D eigenvalue weighted by molar-refractivity contribution is 6.25. The predicted molar refractivity (Wildman–Crippen MR) is 217 cm³/mol. The second kappa shape index (κ2) is 10.7. The number of para-hydroxylation sites is 1. The van der Waals surface area contributed by atoms with Crippen molar-refractivity contribution in [2.45, 2.75) is 37.3 Å². The predicted octanol–water partition coefficient (Wildman–Crippen LogP) is 12.1. The second-order valence-electron chi connectivity index (χ2n) is 15.3. The lowest BCUT2D eigenvalue weighted by molar-refractivity contribution is 0.246. The lowest BCUT2D eigenvalue weighted by atomic mass is 9.56. The Hall–Kier alpha value is -5.60. The number of aromatic nitrogens is 1. The summed E-state index contributed by atoms with van der Waals surface area (Å²) in [6, 6.07) is 42.4. The Morgan fingerprint density at radius 3 is 2.06 bits per heavy atom. The first-order valence-corrected chi connectivity index (χ1v) is 18.7. The molecule has 2 nitrogen and oxygen atoms in total. The van der Waals surface area contributed by atoms with Crippen molar-refractivity contribution in [3.05, 3.63) is 170 Å². The van der Waals surface area contributed by atoms with Gasteiger partial charge in [-0.3, -0.25) is 0 Å². The zero-order valence-electron chi connectivity index (χ0n) is 28.9. The third-order valence-electron chi connectivity index (χ3n) is 13.1. The van der Waals surface area contributed by atoms with E-state index in [1.807, 2.05) is 6.08 Å². The zero-order valence-corrected chi connectivity index (χ0v) is 28.9. The normalized spacial score (nSPS) is 26.6. The van der Waals surface area contributed by atoms with Gasteiger partial charge >= 0.3 is 0 Å². The van der Waals surface area contributed by atoms with Crippen LogP contribution in [0, 0.1) is 17.8 Å². The number of fused-ring (bicyclic) bond motifs is 13. The van der Waals surface area contributed by atoms with Gasteiger partial charge in [-0.1, -0.05) is 128 Å². The molecule has 6 atom stereocenters. The number of hydrogen-bond acceptors (Lipinski definition) is 1. The van der Waals surface area contributed by atoms with Crippen molar-refractivity contribution in [3.63, 3.8) is 0 Å². The number of nitrogens with zero attached hydrogens (tertiary/aromatic N) is 2. The van der Waals surface area contributed by atoms with Gasteiger partial charge in [0.15, 0.2) is 0 Å². The van der Waals surface area contributed by atoms with E-state index in [0.29, 0.717) is 29.8 Å². The Bertz CT molecular complexity index is 2700. The van der Waals surface area contributed by atoms with E-state index in [0.717, 1.165) is 12.1 Å². The number of allylic oxidation sites excluding steroid dienone is 7. The molecular weight excluding hydrogens is 617 g/mol. The van der Waals surface area contributed by atoms with E-state index in [-0.39, 0.29) is 5.41 Å². The summed E-state index contributed by atoms with van der Waals surface area (Å²) >= 11 is 0. The molecule has 6 aromatic carbocycles. The van der Waals surface area contributed by atoms with E-state index in [2.05, 4.69) is 175 Å². The van der Waals surface area contributed by atoms with Crippen molar-refractivity contribution in [3.8, 4) is 0 Å². The molecule has 3 heterocycles. The minimum Gasteiger partial charge on any atom is -0.364 e. The Labute approximate surface area is 299 Å². The molecule has 0 amide bonds. The highest BCUT2D eigenvalue weighted by Crippen LogP contribution is 2.60. The first kappa shape index (κ1) is 29.2. The fourth-order valence-electron chi connectivity index (χ4n) is 11.0. The van der Waals surface area contributed by atoms with Crippen LogP contribution in [0.2, 0.25) is 0 Å². The van der Waals surface area contributed by atoms with Crippen LogP contribution < -0.4 is 4.90 Å². The van der Waals surface area contributed by atoms with Crippen molar-refractivity contribution in [1.29, 1.82) is 0 Å². The van der Waals surface area contributed by atoms with Gasteiger partial charge in [0.2, 0.25) is 0 Å². The topological polar surface area (TPSA) is 8.17 Å². The largest absolute Gasteiger partial charge is 0.364 e. The second-order valence-corrected chi connectivity index (χ2v) is 15.3. The van der Waals surface area contributed by atoms with Crippen LogP contribution in [0.15, 0.2) is 164 Å². The van der Waals surface area contributed by atoms with Gasteiger partial charge in [-0.25, -0.2) is 0 Å². The Morgan fingerprint density at radius 1 is 0.667 bits per heavy atom. The Balaban J connectivity index is 1.09. The SMILES string of the molecule is C=C/C=C(\C=C/C)n1c2ccccc2c2ccc([C@]34C=CC5C6C=CC3CC6N(c3ccc6c7ccccc7c7ccccc7c6c3)C5C4)cc21. The highest BCUT2D eigenvalue weighted by atomic mass is 15.2. The Morgan fingerprint density at radius 2 is 1.31 bits per heavy atom. The lowest BCUT2D eigenvalue weighted by Crippen LogP contribution is -2.44. The van der Waals surface area contributed by atoms with Crippen molar-refractivity contribution in [2.24, 2.45) is 17.8 Å². The molecule has 11 rings (SSSR count). The van der Waals surface area contributed by atoms with Crippen LogP contribution in [0.1, 0.15) is 25.3 Å². The summed E-state index contributed by atoms with van der Waals surface area (Å²) in [5.74, 6) is 1.53. The molecule has 51 heavy (non-hydrogen) atoms. The molecule has 0 radical (unpaired) electrons. The van der Waals surface area contributed by atoms with Gasteiger partial charge in [-0.2, -0.15) is 0 Å². The number of anilines is 1. The van der Waals surface area contributed by atoms with Crippen molar-refractivity contribution < 1.29 is 0 Å². The summed E-state index contributed by atoms with van der Waals surface area (Å²) in [6.07, 6.45) is 21.1. The molecule has 2 heteroatoms. The van der Waals surface area contributed by atoms with Crippen molar-refractivity contribution >= 4 is 65.5 Å². The van der Waals surface area contributed by atoms with Crippen LogP contribution in [-0.2, 0) is 5.41 Å². The zero-order chi connectivity index (χ0) is 33.8. The molecule has 2 fully saturated rings. The summed E-state index contributed by atoms with van der Waals surface area (Å²) in [5, 5.41) is 10.7. The monoisotopic (exact) mass is 656 g/mol. The highest BCUT2D eigenvalue weighted by Gasteiger charge is 2.59.